The Morgan fingerprint density at radius 2 is 2.33 bits per heavy atom. The van der Waals surface area contributed by atoms with Crippen LogP contribution in [0, 0.1) is 11.8 Å². The van der Waals surface area contributed by atoms with Gasteiger partial charge in [0.2, 0.25) is 0 Å². The van der Waals surface area contributed by atoms with Crippen molar-refractivity contribution in [2.45, 2.75) is 13.3 Å². The highest BCUT2D eigenvalue weighted by molar-refractivity contribution is 5.64. The van der Waals surface area contributed by atoms with E-state index in [0.717, 1.165) is 13.0 Å². The summed E-state index contributed by atoms with van der Waals surface area (Å²) >= 11 is 0. The normalized spacial score (nSPS) is 8.42. The van der Waals surface area contributed by atoms with Crippen molar-refractivity contribution in [2.75, 3.05) is 19.7 Å². The van der Waals surface area contributed by atoms with Crippen molar-refractivity contribution >= 4 is 6.09 Å². The molecule has 0 atom stereocenters. The third-order valence-corrected chi connectivity index (χ3v) is 1.13. The first-order valence-electron chi connectivity index (χ1n) is 3.80. The molecule has 0 heterocycles. The van der Waals surface area contributed by atoms with Crippen molar-refractivity contribution in [3.8, 4) is 11.8 Å². The molecule has 0 saturated carbocycles. The Balaban J connectivity index is 2.99. The van der Waals surface area contributed by atoms with Crippen LogP contribution in [0.4, 0.5) is 4.79 Å². The highest BCUT2D eigenvalue weighted by Crippen LogP contribution is 1.74. The molecule has 0 aromatic heterocycles. The monoisotopic (exact) mass is 170 g/mol. The van der Waals surface area contributed by atoms with Crippen LogP contribution in [-0.2, 0) is 4.74 Å². The molecule has 0 aliphatic rings. The van der Waals surface area contributed by atoms with Gasteiger partial charge < -0.3 is 15.8 Å². The molecular weight excluding hydrogens is 156 g/mol. The van der Waals surface area contributed by atoms with E-state index < -0.39 is 6.09 Å². The van der Waals surface area contributed by atoms with E-state index in [9.17, 15) is 4.79 Å². The van der Waals surface area contributed by atoms with Gasteiger partial charge in [0.15, 0.2) is 0 Å². The molecule has 68 valence electrons. The van der Waals surface area contributed by atoms with Crippen molar-refractivity contribution in [2.24, 2.45) is 5.73 Å². The third-order valence-electron chi connectivity index (χ3n) is 1.13. The molecule has 4 heteroatoms. The summed E-state index contributed by atoms with van der Waals surface area (Å²) in [6.45, 7) is 3.54. The SMILES string of the molecule is CC#CCCNCCOC(N)=O. The minimum atomic E-state index is -0.731. The number of carbonyl (C=O) groups excluding carboxylic acids is 1. The van der Waals surface area contributed by atoms with Gasteiger partial charge in [-0.3, -0.25) is 0 Å². The van der Waals surface area contributed by atoms with Crippen LogP contribution >= 0.6 is 0 Å². The zero-order valence-corrected chi connectivity index (χ0v) is 7.22. The van der Waals surface area contributed by atoms with Crippen LogP contribution < -0.4 is 11.1 Å². The van der Waals surface area contributed by atoms with Crippen LogP contribution in [0.25, 0.3) is 0 Å². The molecule has 12 heavy (non-hydrogen) atoms. The molecule has 0 aliphatic carbocycles. The van der Waals surface area contributed by atoms with Gasteiger partial charge >= 0.3 is 6.09 Å². The third kappa shape index (κ3) is 8.79. The molecule has 0 rings (SSSR count). The number of primary amides is 1. The number of rotatable bonds is 5. The van der Waals surface area contributed by atoms with Gasteiger partial charge in [-0.15, -0.1) is 11.8 Å². The van der Waals surface area contributed by atoms with Crippen LogP contribution in [0.1, 0.15) is 13.3 Å². The molecule has 0 aromatic carbocycles. The predicted molar refractivity (Wildman–Crippen MR) is 46.5 cm³/mol. The van der Waals surface area contributed by atoms with E-state index in [4.69, 9.17) is 5.73 Å². The molecule has 0 aliphatic heterocycles. The Morgan fingerprint density at radius 3 is 2.92 bits per heavy atom. The van der Waals surface area contributed by atoms with E-state index in [1.165, 1.54) is 0 Å². The summed E-state index contributed by atoms with van der Waals surface area (Å²) in [4.78, 5) is 10.1. The van der Waals surface area contributed by atoms with Crippen LogP contribution in [0.2, 0.25) is 0 Å². The molecule has 0 fully saturated rings. The molecule has 0 radical (unpaired) electrons. The van der Waals surface area contributed by atoms with Gasteiger partial charge in [-0.25, -0.2) is 4.79 Å². The van der Waals surface area contributed by atoms with Crippen molar-refractivity contribution in [3.05, 3.63) is 0 Å². The van der Waals surface area contributed by atoms with E-state index in [1.54, 1.807) is 6.92 Å². The van der Waals surface area contributed by atoms with Crippen molar-refractivity contribution in [1.82, 2.24) is 5.32 Å². The summed E-state index contributed by atoms with van der Waals surface area (Å²) in [6, 6.07) is 0. The number of nitrogens with two attached hydrogens (primary N) is 1. The van der Waals surface area contributed by atoms with Crippen LogP contribution in [0.5, 0.6) is 0 Å². The number of carbonyl (C=O) groups is 1. The summed E-state index contributed by atoms with van der Waals surface area (Å²) < 4.78 is 4.49. The Kier molecular flexibility index (Phi) is 7.10. The van der Waals surface area contributed by atoms with Gasteiger partial charge in [0.05, 0.1) is 0 Å². The Bertz CT molecular complexity index is 181. The zero-order chi connectivity index (χ0) is 9.23. The molecule has 3 N–H and O–H groups in total. The van der Waals surface area contributed by atoms with Crippen LogP contribution in [0.15, 0.2) is 0 Å². The molecule has 4 nitrogen and oxygen atoms in total. The summed E-state index contributed by atoms with van der Waals surface area (Å²) in [7, 11) is 0. The average Bonchev–Trinajstić information content (AvgIpc) is 2.02. The van der Waals surface area contributed by atoms with E-state index in [0.29, 0.717) is 13.2 Å². The van der Waals surface area contributed by atoms with Crippen molar-refractivity contribution < 1.29 is 9.53 Å². The number of ether oxygens (including phenoxy) is 1. The predicted octanol–water partition coefficient (Wildman–Crippen LogP) is 0.0847. The lowest BCUT2D eigenvalue weighted by Crippen LogP contribution is -2.24. The summed E-state index contributed by atoms with van der Waals surface area (Å²) in [5.74, 6) is 5.68. The topological polar surface area (TPSA) is 64.3 Å². The smallest absolute Gasteiger partial charge is 0.404 e. The zero-order valence-electron chi connectivity index (χ0n) is 7.22. The lowest BCUT2D eigenvalue weighted by atomic mass is 10.4. The van der Waals surface area contributed by atoms with Gasteiger partial charge in [-0.1, -0.05) is 0 Å². The van der Waals surface area contributed by atoms with E-state index in [2.05, 4.69) is 21.9 Å². The highest BCUT2D eigenvalue weighted by Gasteiger charge is 1.90. The van der Waals surface area contributed by atoms with Gasteiger partial charge in [0, 0.05) is 19.5 Å². The second-order valence-electron chi connectivity index (χ2n) is 2.09. The van der Waals surface area contributed by atoms with Crippen LogP contribution in [-0.4, -0.2) is 25.8 Å². The quantitative estimate of drug-likeness (QED) is 0.454. The number of hydrogen-bond donors (Lipinski definition) is 2. The standard InChI is InChI=1S/C8H14N2O2/c1-2-3-4-5-10-6-7-12-8(9)11/h10H,4-7H2,1H3,(H2,9,11). The molecule has 0 saturated heterocycles. The van der Waals surface area contributed by atoms with Gasteiger partial charge in [-0.2, -0.15) is 0 Å². The summed E-state index contributed by atoms with van der Waals surface area (Å²) in [5, 5.41) is 3.04. The molecule has 0 bridgehead atoms. The molecule has 1 amide bonds. The van der Waals surface area contributed by atoms with Gasteiger partial charge in [-0.05, 0) is 6.92 Å². The minimum absolute atomic E-state index is 0.314. The Hall–Kier alpha value is -1.21. The van der Waals surface area contributed by atoms with E-state index in [-0.39, 0.29) is 0 Å². The first-order valence-corrected chi connectivity index (χ1v) is 3.80. The molecule has 0 unspecified atom stereocenters. The number of amides is 1. The first kappa shape index (κ1) is 10.8. The Morgan fingerprint density at radius 1 is 1.58 bits per heavy atom. The first-order chi connectivity index (χ1) is 5.77. The largest absolute Gasteiger partial charge is 0.448 e. The maximum atomic E-state index is 10.1. The van der Waals surface area contributed by atoms with Gasteiger partial charge in [0.1, 0.15) is 6.61 Å². The van der Waals surface area contributed by atoms with Crippen molar-refractivity contribution in [1.29, 1.82) is 0 Å². The summed E-state index contributed by atoms with van der Waals surface area (Å²) in [6.07, 6.45) is 0.0812. The maximum Gasteiger partial charge on any atom is 0.404 e. The van der Waals surface area contributed by atoms with Gasteiger partial charge in [0.25, 0.3) is 0 Å². The fraction of sp³-hybridized carbons (Fsp3) is 0.625. The minimum Gasteiger partial charge on any atom is -0.448 e. The molecular formula is C8H14N2O2. The van der Waals surface area contributed by atoms with Crippen molar-refractivity contribution in [3.63, 3.8) is 0 Å². The second kappa shape index (κ2) is 7.89. The fourth-order valence-electron chi connectivity index (χ4n) is 0.625. The highest BCUT2D eigenvalue weighted by atomic mass is 16.5. The fourth-order valence-corrected chi connectivity index (χ4v) is 0.625. The maximum absolute atomic E-state index is 10.1. The number of hydrogen-bond acceptors (Lipinski definition) is 3. The molecule has 0 spiro atoms. The molecule has 0 aromatic rings. The van der Waals surface area contributed by atoms with E-state index >= 15 is 0 Å². The lowest BCUT2D eigenvalue weighted by molar-refractivity contribution is 0.157. The average molecular weight is 170 g/mol. The summed E-state index contributed by atoms with van der Waals surface area (Å²) in [5.41, 5.74) is 4.74. The lowest BCUT2D eigenvalue weighted by Gasteiger charge is -2.01. The Labute approximate surface area is 72.5 Å². The van der Waals surface area contributed by atoms with E-state index in [1.807, 2.05) is 0 Å². The number of nitrogens with one attached hydrogen (secondary N) is 1. The second-order valence-corrected chi connectivity index (χ2v) is 2.09. The van der Waals surface area contributed by atoms with Crippen LogP contribution in [0.3, 0.4) is 0 Å².